The molecule has 0 radical (unpaired) electrons. The highest BCUT2D eigenvalue weighted by Gasteiger charge is 2.41. The summed E-state index contributed by atoms with van der Waals surface area (Å²) >= 11 is 0. The zero-order valence-corrected chi connectivity index (χ0v) is 46.5. The van der Waals surface area contributed by atoms with Gasteiger partial charge in [0.2, 0.25) is 29.5 Å². The molecule has 408 valence electrons. The molecule has 1 aliphatic rings. The normalized spacial score (nSPS) is 23.5. The second-order valence-electron chi connectivity index (χ2n) is 21.5. The van der Waals surface area contributed by atoms with Gasteiger partial charge in [-0.05, 0) is 87.2 Å². The molecule has 6 amide bonds. The third kappa shape index (κ3) is 18.3. The summed E-state index contributed by atoms with van der Waals surface area (Å²) in [6, 6.07) is 2.78. The number of para-hydroxylation sites is 1. The van der Waals surface area contributed by atoms with Crippen molar-refractivity contribution in [1.82, 2.24) is 35.4 Å². The summed E-state index contributed by atoms with van der Waals surface area (Å²) in [5, 5.41) is 18.9. The molecule has 0 spiro atoms. The summed E-state index contributed by atoms with van der Waals surface area (Å²) in [6.45, 7) is 17.4. The molecule has 73 heavy (non-hydrogen) atoms. The number of carbonyl (C=O) groups excluding carboxylic acids is 7. The van der Waals surface area contributed by atoms with Crippen LogP contribution in [0.25, 0.3) is 10.9 Å². The molecule has 1 aromatic carbocycles. The summed E-state index contributed by atoms with van der Waals surface area (Å²) in [5.41, 5.74) is 1.44. The van der Waals surface area contributed by atoms with Gasteiger partial charge in [-0.1, -0.05) is 119 Å². The van der Waals surface area contributed by atoms with E-state index in [1.54, 1.807) is 10.9 Å². The topological polar surface area (TPSA) is 212 Å². The molecule has 1 aliphatic heterocycles. The maximum absolute atomic E-state index is 15.2. The second-order valence-corrected chi connectivity index (χ2v) is 21.5. The monoisotopic (exact) mass is 1020 g/mol. The van der Waals surface area contributed by atoms with E-state index >= 15 is 9.59 Å². The van der Waals surface area contributed by atoms with Crippen LogP contribution in [0, 0.1) is 35.0 Å². The number of hydrogen-bond acceptors (Lipinski definition) is 10. The van der Waals surface area contributed by atoms with E-state index < -0.39 is 83.8 Å². The van der Waals surface area contributed by atoms with Crippen molar-refractivity contribution in [3.8, 4) is 6.07 Å². The zero-order valence-electron chi connectivity index (χ0n) is 46.5. The maximum atomic E-state index is 15.2. The largest absolute Gasteiger partial charge is 0.451 e. The van der Waals surface area contributed by atoms with Crippen molar-refractivity contribution in [2.75, 3.05) is 28.3 Å². The lowest BCUT2D eigenvalue weighted by molar-refractivity contribution is -0.163. The first kappa shape index (κ1) is 61.6. The standard InChI is InChI=1S/C56H90N8O9/c1-14-16-24-38(7)32-44-53(68)61(10)40(9)56(71)73-49(28-20-18-19-23-29-57)52(67)60-45(33-39(8)25-17-15-2)55(70)62(11)47(31-37(5)6)50(65)58-43(30-36(3)4)54(69)63(12)48(51(66)59-44)34-41-35-64(72-13)46-27-22-21-26-42(41)46/h21-22,26-27,35-40,43-45,47-49H,14-20,23-25,28,30-34H2,1-13H3,(H,58,65)(H,59,66)(H,60,67)/t38-,39-,40+,43+,44+,45+,47+,48+,49-/m1/s1. The van der Waals surface area contributed by atoms with E-state index in [1.807, 2.05) is 65.8 Å². The lowest BCUT2D eigenvalue weighted by Gasteiger charge is -2.35. The summed E-state index contributed by atoms with van der Waals surface area (Å²) in [5.74, 6) is -4.58. The molecule has 1 fully saturated rings. The quantitative estimate of drug-likeness (QED) is 0.0803. The first-order valence-corrected chi connectivity index (χ1v) is 27.0. The molecule has 3 N–H and O–H groups in total. The molecule has 1 saturated heterocycles. The Hall–Kier alpha value is -5.66. The SMILES string of the molecule is CCCC[C@@H](C)C[C@@H]1NC(=O)[C@H](Cc2cn(OC)c3ccccc23)N(C)C(=O)[C@H](CC(C)C)NC(=O)[C@H](CC(C)C)N(C)C(=O)[C@H](C[C@H](C)CCCC)NC(=O)[C@@H](CCCCCC#N)OC(=O)[C@H](C)N(C)C1=O. The number of hydrogen-bond donors (Lipinski definition) is 3. The molecule has 17 heteroatoms. The highest BCUT2D eigenvalue weighted by molar-refractivity contribution is 5.98. The molecule has 0 unspecified atom stereocenters. The van der Waals surface area contributed by atoms with Gasteiger partial charge in [0.25, 0.3) is 5.91 Å². The van der Waals surface area contributed by atoms with Crippen molar-refractivity contribution in [3.05, 3.63) is 36.0 Å². The minimum atomic E-state index is -1.36. The smallest absolute Gasteiger partial charge is 0.329 e. The number of carbonyl (C=O) groups is 7. The zero-order chi connectivity index (χ0) is 54.5. The molecule has 2 aromatic rings. The Morgan fingerprint density at radius 1 is 0.658 bits per heavy atom. The van der Waals surface area contributed by atoms with Crippen molar-refractivity contribution < 1.29 is 43.1 Å². The van der Waals surface area contributed by atoms with Gasteiger partial charge in [0.05, 0.1) is 11.6 Å². The van der Waals surface area contributed by atoms with Crippen LogP contribution >= 0.6 is 0 Å². The van der Waals surface area contributed by atoms with E-state index in [0.29, 0.717) is 31.2 Å². The highest BCUT2D eigenvalue weighted by Crippen LogP contribution is 2.26. The fourth-order valence-electron chi connectivity index (χ4n) is 9.70. The van der Waals surface area contributed by atoms with Crippen LogP contribution in [-0.2, 0) is 44.7 Å². The maximum Gasteiger partial charge on any atom is 0.329 e. The number of aromatic nitrogens is 1. The number of likely N-dealkylation sites (N-methyl/N-ethyl adjacent to an activating group) is 3. The number of cyclic esters (lactones) is 1. The summed E-state index contributed by atoms with van der Waals surface area (Å²) < 4.78 is 7.60. The Morgan fingerprint density at radius 2 is 1.16 bits per heavy atom. The van der Waals surface area contributed by atoms with Gasteiger partial charge in [0.15, 0.2) is 6.10 Å². The Kier molecular flexibility index (Phi) is 25.8. The molecule has 0 bridgehead atoms. The number of unbranched alkanes of at least 4 members (excludes halogenated alkanes) is 5. The average molecular weight is 1020 g/mol. The van der Waals surface area contributed by atoms with Gasteiger partial charge in [0, 0.05) is 45.6 Å². The van der Waals surface area contributed by atoms with Crippen molar-refractivity contribution in [1.29, 1.82) is 5.26 Å². The summed E-state index contributed by atoms with van der Waals surface area (Å²) in [4.78, 5) is 113. The Balaban J connectivity index is 2.33. The van der Waals surface area contributed by atoms with E-state index in [4.69, 9.17) is 14.8 Å². The van der Waals surface area contributed by atoms with Gasteiger partial charge < -0.3 is 40.2 Å². The Labute approximate surface area is 436 Å². The van der Waals surface area contributed by atoms with E-state index in [0.717, 1.165) is 49.4 Å². The second kappa shape index (κ2) is 30.5. The predicted molar refractivity (Wildman–Crippen MR) is 283 cm³/mol. The number of fused-ring (bicyclic) bond motifs is 1. The van der Waals surface area contributed by atoms with Gasteiger partial charge in [-0.15, -0.1) is 0 Å². The number of rotatable bonds is 22. The van der Waals surface area contributed by atoms with E-state index in [2.05, 4.69) is 35.9 Å². The van der Waals surface area contributed by atoms with E-state index in [9.17, 15) is 24.0 Å². The van der Waals surface area contributed by atoms with Crippen LogP contribution in [0.2, 0.25) is 0 Å². The first-order valence-electron chi connectivity index (χ1n) is 27.0. The van der Waals surface area contributed by atoms with Crippen LogP contribution in [0.15, 0.2) is 30.5 Å². The lowest BCUT2D eigenvalue weighted by atomic mass is 9.94. The van der Waals surface area contributed by atoms with Crippen LogP contribution in [-0.4, -0.2) is 131 Å². The van der Waals surface area contributed by atoms with Gasteiger partial charge in [0.1, 0.15) is 43.4 Å². The lowest BCUT2D eigenvalue weighted by Crippen LogP contribution is -2.60. The Bertz CT molecular complexity index is 2170. The number of amides is 6. The van der Waals surface area contributed by atoms with E-state index in [1.165, 1.54) is 49.9 Å². The van der Waals surface area contributed by atoms with Crippen LogP contribution < -0.4 is 20.8 Å². The molecule has 2 heterocycles. The summed E-state index contributed by atoms with van der Waals surface area (Å²) in [6.07, 6.45) is 8.49. The molecule has 17 nitrogen and oxygen atoms in total. The summed E-state index contributed by atoms with van der Waals surface area (Å²) in [7, 11) is 6.04. The van der Waals surface area contributed by atoms with Gasteiger partial charge in [-0.3, -0.25) is 28.8 Å². The van der Waals surface area contributed by atoms with Crippen molar-refractivity contribution in [2.45, 2.75) is 207 Å². The average Bonchev–Trinajstić information content (AvgIpc) is 3.72. The van der Waals surface area contributed by atoms with Crippen LogP contribution in [0.3, 0.4) is 0 Å². The number of ether oxygens (including phenoxy) is 1. The molecule has 9 atom stereocenters. The van der Waals surface area contributed by atoms with Crippen LogP contribution in [0.5, 0.6) is 0 Å². The molecular weight excluding hydrogens is 929 g/mol. The van der Waals surface area contributed by atoms with Gasteiger partial charge >= 0.3 is 5.97 Å². The third-order valence-electron chi connectivity index (χ3n) is 14.3. The number of nitrogens with one attached hydrogen (secondary N) is 3. The number of benzene rings is 1. The Morgan fingerprint density at radius 3 is 1.70 bits per heavy atom. The number of nitrogens with zero attached hydrogens (tertiary/aromatic N) is 5. The molecule has 1 aromatic heterocycles. The molecule has 0 saturated carbocycles. The van der Waals surface area contributed by atoms with Gasteiger partial charge in [-0.2, -0.15) is 9.99 Å². The molecular formula is C56H90N8O9. The van der Waals surface area contributed by atoms with Crippen molar-refractivity contribution in [3.63, 3.8) is 0 Å². The number of esters is 1. The third-order valence-corrected chi connectivity index (χ3v) is 14.3. The minimum absolute atomic E-state index is 0.00235. The fourth-order valence-corrected chi connectivity index (χ4v) is 9.70. The molecule has 3 rings (SSSR count). The van der Waals surface area contributed by atoms with Crippen LogP contribution in [0.4, 0.5) is 0 Å². The predicted octanol–water partition coefficient (Wildman–Crippen LogP) is 7.12. The molecule has 0 aliphatic carbocycles. The van der Waals surface area contributed by atoms with Crippen LogP contribution in [0.1, 0.15) is 164 Å². The first-order chi connectivity index (χ1) is 34.6. The highest BCUT2D eigenvalue weighted by atomic mass is 16.6. The van der Waals surface area contributed by atoms with E-state index in [-0.39, 0.29) is 62.2 Å². The van der Waals surface area contributed by atoms with Crippen molar-refractivity contribution in [2.24, 2.45) is 23.7 Å². The van der Waals surface area contributed by atoms with Crippen molar-refractivity contribution >= 4 is 52.3 Å². The minimum Gasteiger partial charge on any atom is -0.451 e. The number of nitriles is 1. The fraction of sp³-hybridized carbons (Fsp3) is 0.714. The van der Waals surface area contributed by atoms with Gasteiger partial charge in [-0.25, -0.2) is 4.79 Å².